The van der Waals surface area contributed by atoms with Gasteiger partial charge in [-0.2, -0.15) is 0 Å². The van der Waals surface area contributed by atoms with Crippen LogP contribution >= 0.6 is 0 Å². The molecule has 5 nitrogen and oxygen atoms in total. The third kappa shape index (κ3) is 2.61. The van der Waals surface area contributed by atoms with Crippen molar-refractivity contribution in [2.24, 2.45) is 0 Å². The lowest BCUT2D eigenvalue weighted by Crippen LogP contribution is -2.68. The highest BCUT2D eigenvalue weighted by atomic mass is 16.2. The molecule has 1 aromatic rings. The second-order valence-corrected chi connectivity index (χ2v) is 6.40. The van der Waals surface area contributed by atoms with Crippen LogP contribution in [0.15, 0.2) is 24.3 Å². The van der Waals surface area contributed by atoms with E-state index in [9.17, 15) is 9.59 Å². The van der Waals surface area contributed by atoms with Gasteiger partial charge in [-0.3, -0.25) is 14.5 Å². The average Bonchev–Trinajstić information content (AvgIpc) is 2.51. The fourth-order valence-electron chi connectivity index (χ4n) is 3.36. The Labute approximate surface area is 131 Å². The summed E-state index contributed by atoms with van der Waals surface area (Å²) >= 11 is 0. The Morgan fingerprint density at radius 2 is 1.95 bits per heavy atom. The first kappa shape index (κ1) is 15.0. The molecule has 0 unspecified atom stereocenters. The van der Waals surface area contributed by atoms with Gasteiger partial charge in [0.1, 0.15) is 12.1 Å². The molecule has 2 saturated heterocycles. The van der Waals surface area contributed by atoms with E-state index in [0.29, 0.717) is 13.1 Å². The summed E-state index contributed by atoms with van der Waals surface area (Å²) in [5, 5.41) is 0. The molecule has 1 aromatic carbocycles. The standard InChI is InChI=1S/C17H23N3O2/c1-12-5-4-6-14(9-12)10-19-7-8-20-15(11-19)17(22)18(3)13(2)16(20)21/h4-6,9,13,15H,7-8,10-11H2,1-3H3/t13-,15+/m0/s1. The van der Waals surface area contributed by atoms with E-state index in [1.165, 1.54) is 11.1 Å². The predicted molar refractivity (Wildman–Crippen MR) is 84.2 cm³/mol. The van der Waals surface area contributed by atoms with Crippen molar-refractivity contribution in [3.63, 3.8) is 0 Å². The van der Waals surface area contributed by atoms with Crippen molar-refractivity contribution in [3.8, 4) is 0 Å². The molecule has 0 saturated carbocycles. The highest BCUT2D eigenvalue weighted by molar-refractivity contribution is 5.96. The van der Waals surface area contributed by atoms with Crippen LogP contribution in [0.1, 0.15) is 18.1 Å². The summed E-state index contributed by atoms with van der Waals surface area (Å²) in [4.78, 5) is 30.4. The Hall–Kier alpha value is -1.88. The number of hydrogen-bond donors (Lipinski definition) is 0. The second kappa shape index (κ2) is 5.72. The van der Waals surface area contributed by atoms with Gasteiger partial charge in [-0.25, -0.2) is 0 Å². The van der Waals surface area contributed by atoms with Crippen LogP contribution in [-0.4, -0.2) is 65.3 Å². The number of aryl methyl sites for hydroxylation is 1. The summed E-state index contributed by atoms with van der Waals surface area (Å²) in [6.45, 7) is 6.79. The number of carbonyl (C=O) groups excluding carboxylic acids is 2. The summed E-state index contributed by atoms with van der Waals surface area (Å²) in [5.41, 5.74) is 2.50. The molecular weight excluding hydrogens is 278 g/mol. The SMILES string of the molecule is Cc1cccc(CN2CCN3C(=O)[C@H](C)N(C)C(=O)[C@H]3C2)c1. The molecule has 0 aromatic heterocycles. The number of likely N-dealkylation sites (N-methyl/N-ethyl adjacent to an activating group) is 1. The van der Waals surface area contributed by atoms with Gasteiger partial charge in [-0.15, -0.1) is 0 Å². The molecule has 2 aliphatic rings. The van der Waals surface area contributed by atoms with Crippen LogP contribution in [0.25, 0.3) is 0 Å². The van der Waals surface area contributed by atoms with Gasteiger partial charge in [-0.1, -0.05) is 29.8 Å². The van der Waals surface area contributed by atoms with Crippen molar-refractivity contribution < 1.29 is 9.59 Å². The quantitative estimate of drug-likeness (QED) is 0.814. The molecule has 2 fully saturated rings. The third-order valence-corrected chi connectivity index (χ3v) is 4.81. The van der Waals surface area contributed by atoms with E-state index in [1.807, 2.05) is 0 Å². The molecule has 22 heavy (non-hydrogen) atoms. The van der Waals surface area contributed by atoms with Gasteiger partial charge in [-0.05, 0) is 19.4 Å². The molecule has 3 rings (SSSR count). The van der Waals surface area contributed by atoms with Gasteiger partial charge < -0.3 is 9.80 Å². The maximum Gasteiger partial charge on any atom is 0.247 e. The molecule has 2 heterocycles. The highest BCUT2D eigenvalue weighted by Crippen LogP contribution is 2.22. The lowest BCUT2D eigenvalue weighted by atomic mass is 10.0. The molecule has 5 heteroatoms. The van der Waals surface area contributed by atoms with Gasteiger partial charge in [0.15, 0.2) is 0 Å². The summed E-state index contributed by atoms with van der Waals surface area (Å²) in [7, 11) is 1.72. The van der Waals surface area contributed by atoms with Crippen LogP contribution in [0.3, 0.4) is 0 Å². The first-order chi connectivity index (χ1) is 10.5. The van der Waals surface area contributed by atoms with Crippen molar-refractivity contribution in [1.29, 1.82) is 0 Å². The van der Waals surface area contributed by atoms with Gasteiger partial charge in [0.25, 0.3) is 0 Å². The Bertz CT molecular complexity index is 601. The number of amides is 2. The van der Waals surface area contributed by atoms with Crippen LogP contribution in [0.2, 0.25) is 0 Å². The van der Waals surface area contributed by atoms with Crippen molar-refractivity contribution in [2.75, 3.05) is 26.7 Å². The van der Waals surface area contributed by atoms with E-state index in [-0.39, 0.29) is 23.9 Å². The lowest BCUT2D eigenvalue weighted by molar-refractivity contribution is -0.163. The Kier molecular flexibility index (Phi) is 3.91. The number of benzene rings is 1. The first-order valence-electron chi connectivity index (χ1n) is 7.82. The van der Waals surface area contributed by atoms with Crippen molar-refractivity contribution in [2.45, 2.75) is 32.5 Å². The molecule has 0 radical (unpaired) electrons. The maximum atomic E-state index is 12.5. The van der Waals surface area contributed by atoms with Gasteiger partial charge in [0.2, 0.25) is 11.8 Å². The Morgan fingerprint density at radius 1 is 1.18 bits per heavy atom. The predicted octanol–water partition coefficient (Wildman–Crippen LogP) is 0.868. The number of hydrogen-bond acceptors (Lipinski definition) is 3. The lowest BCUT2D eigenvalue weighted by Gasteiger charge is -2.47. The van der Waals surface area contributed by atoms with Crippen molar-refractivity contribution >= 4 is 11.8 Å². The zero-order valence-electron chi connectivity index (χ0n) is 13.5. The minimum absolute atomic E-state index is 0.0565. The smallest absolute Gasteiger partial charge is 0.247 e. The summed E-state index contributed by atoms with van der Waals surface area (Å²) in [6.07, 6.45) is 0. The normalized spacial score (nSPS) is 26.3. The van der Waals surface area contributed by atoms with E-state index in [4.69, 9.17) is 0 Å². The second-order valence-electron chi connectivity index (χ2n) is 6.40. The van der Waals surface area contributed by atoms with Gasteiger partial charge in [0.05, 0.1) is 0 Å². The summed E-state index contributed by atoms with van der Waals surface area (Å²) in [5.74, 6) is 0.128. The Balaban J connectivity index is 1.72. The first-order valence-corrected chi connectivity index (χ1v) is 7.82. The van der Waals surface area contributed by atoms with Crippen molar-refractivity contribution in [3.05, 3.63) is 35.4 Å². The van der Waals surface area contributed by atoms with E-state index >= 15 is 0 Å². The number of piperazine rings is 2. The molecule has 0 N–H and O–H groups in total. The van der Waals surface area contributed by atoms with E-state index in [0.717, 1.165) is 13.1 Å². The van der Waals surface area contributed by atoms with Crippen LogP contribution in [0.5, 0.6) is 0 Å². The van der Waals surface area contributed by atoms with E-state index < -0.39 is 0 Å². The molecule has 0 aliphatic carbocycles. The fraction of sp³-hybridized carbons (Fsp3) is 0.529. The van der Waals surface area contributed by atoms with E-state index in [2.05, 4.69) is 36.1 Å². The monoisotopic (exact) mass is 301 g/mol. The van der Waals surface area contributed by atoms with Gasteiger partial charge in [0, 0.05) is 33.2 Å². The average molecular weight is 301 g/mol. The number of rotatable bonds is 2. The van der Waals surface area contributed by atoms with Crippen LogP contribution < -0.4 is 0 Å². The fourth-order valence-corrected chi connectivity index (χ4v) is 3.36. The van der Waals surface area contributed by atoms with Gasteiger partial charge >= 0.3 is 0 Å². The van der Waals surface area contributed by atoms with E-state index in [1.54, 1.807) is 23.8 Å². The zero-order chi connectivity index (χ0) is 15.9. The van der Waals surface area contributed by atoms with Crippen molar-refractivity contribution in [1.82, 2.24) is 14.7 Å². The minimum atomic E-state index is -0.341. The third-order valence-electron chi connectivity index (χ3n) is 4.81. The Morgan fingerprint density at radius 3 is 2.68 bits per heavy atom. The molecule has 2 aliphatic heterocycles. The number of nitrogens with zero attached hydrogens (tertiary/aromatic N) is 3. The topological polar surface area (TPSA) is 43.9 Å². The summed E-state index contributed by atoms with van der Waals surface area (Å²) in [6, 6.07) is 7.77. The number of fused-ring (bicyclic) bond motifs is 1. The van der Waals surface area contributed by atoms with Crippen LogP contribution in [-0.2, 0) is 16.1 Å². The molecule has 118 valence electrons. The van der Waals surface area contributed by atoms with Crippen LogP contribution in [0.4, 0.5) is 0 Å². The molecule has 2 amide bonds. The molecular formula is C17H23N3O2. The molecule has 2 atom stereocenters. The minimum Gasteiger partial charge on any atom is -0.332 e. The van der Waals surface area contributed by atoms with Crippen LogP contribution in [0, 0.1) is 6.92 Å². The summed E-state index contributed by atoms with van der Waals surface area (Å²) < 4.78 is 0. The highest BCUT2D eigenvalue weighted by Gasteiger charge is 2.44. The largest absolute Gasteiger partial charge is 0.332 e. The molecule has 0 bridgehead atoms. The zero-order valence-corrected chi connectivity index (χ0v) is 13.5. The molecule has 0 spiro atoms. The maximum absolute atomic E-state index is 12.5. The number of carbonyl (C=O) groups is 2.